The van der Waals surface area contributed by atoms with E-state index in [1.54, 1.807) is 6.92 Å². The van der Waals surface area contributed by atoms with Gasteiger partial charge in [0.05, 0.1) is 6.61 Å². The Labute approximate surface area is 84.9 Å². The topological polar surface area (TPSA) is 26.3 Å². The van der Waals surface area contributed by atoms with Crippen LogP contribution in [0.2, 0.25) is 0 Å². The van der Waals surface area contributed by atoms with E-state index in [0.717, 1.165) is 22.4 Å². The lowest BCUT2D eigenvalue weighted by Crippen LogP contribution is -2.02. The van der Waals surface area contributed by atoms with Gasteiger partial charge in [-0.15, -0.1) is 0 Å². The van der Waals surface area contributed by atoms with Gasteiger partial charge in [-0.2, -0.15) is 0 Å². The number of carbonyl (C=O) groups is 1. The van der Waals surface area contributed by atoms with E-state index < -0.39 is 0 Å². The van der Waals surface area contributed by atoms with Crippen LogP contribution >= 0.6 is 0 Å². The molecule has 2 heteroatoms. The predicted molar refractivity (Wildman–Crippen MR) is 57.1 cm³/mol. The largest absolute Gasteiger partial charge is 0.493 e. The molecule has 0 aromatic heterocycles. The van der Waals surface area contributed by atoms with Gasteiger partial charge in [-0.25, -0.2) is 0 Å². The highest BCUT2D eigenvalue weighted by Crippen LogP contribution is 2.26. The van der Waals surface area contributed by atoms with Crippen LogP contribution in [0.25, 0.3) is 0 Å². The van der Waals surface area contributed by atoms with Crippen LogP contribution in [0.3, 0.4) is 0 Å². The maximum absolute atomic E-state index is 11.3. The Bertz CT molecular complexity index is 354. The molecule has 2 nitrogen and oxygen atoms in total. The highest BCUT2D eigenvalue weighted by atomic mass is 16.5. The summed E-state index contributed by atoms with van der Waals surface area (Å²) in [6.07, 6.45) is 0. The van der Waals surface area contributed by atoms with Crippen molar-refractivity contribution in [3.05, 3.63) is 28.8 Å². The van der Waals surface area contributed by atoms with Crippen molar-refractivity contribution in [2.45, 2.75) is 27.7 Å². The Morgan fingerprint density at radius 3 is 2.50 bits per heavy atom. The first-order chi connectivity index (χ1) is 6.57. The molecular weight excluding hydrogens is 176 g/mol. The molecule has 1 rings (SSSR count). The summed E-state index contributed by atoms with van der Waals surface area (Å²) in [5, 5.41) is 0. The van der Waals surface area contributed by atoms with Gasteiger partial charge in [0.1, 0.15) is 5.75 Å². The molecule has 0 amide bonds. The molecule has 0 aliphatic rings. The molecule has 1 aromatic carbocycles. The summed E-state index contributed by atoms with van der Waals surface area (Å²) in [4.78, 5) is 11.3. The number of Topliss-reactive ketones (excluding diaryl/α,β-unsaturated/α-hetero) is 1. The molecule has 0 aliphatic carbocycles. The van der Waals surface area contributed by atoms with Gasteiger partial charge in [0, 0.05) is 11.1 Å². The van der Waals surface area contributed by atoms with Crippen LogP contribution in [-0.4, -0.2) is 12.4 Å². The van der Waals surface area contributed by atoms with E-state index >= 15 is 0 Å². The third-order valence-electron chi connectivity index (χ3n) is 2.27. The van der Waals surface area contributed by atoms with Crippen molar-refractivity contribution in [3.63, 3.8) is 0 Å². The van der Waals surface area contributed by atoms with E-state index in [0.29, 0.717) is 6.61 Å². The van der Waals surface area contributed by atoms with Gasteiger partial charge in [-0.3, -0.25) is 4.79 Å². The number of hydrogen-bond donors (Lipinski definition) is 0. The molecule has 0 saturated carbocycles. The van der Waals surface area contributed by atoms with Gasteiger partial charge in [-0.1, -0.05) is 12.1 Å². The van der Waals surface area contributed by atoms with Crippen molar-refractivity contribution in [2.75, 3.05) is 6.61 Å². The average molecular weight is 192 g/mol. The SMILES string of the molecule is CCOc1c(C)ccc(C(C)=O)c1C. The summed E-state index contributed by atoms with van der Waals surface area (Å²) in [6, 6.07) is 3.78. The zero-order chi connectivity index (χ0) is 10.7. The van der Waals surface area contributed by atoms with Crippen molar-refractivity contribution < 1.29 is 9.53 Å². The highest BCUT2D eigenvalue weighted by molar-refractivity contribution is 5.96. The van der Waals surface area contributed by atoms with E-state index in [1.165, 1.54) is 0 Å². The minimum absolute atomic E-state index is 0.0865. The van der Waals surface area contributed by atoms with Crippen LogP contribution in [0, 0.1) is 13.8 Å². The Morgan fingerprint density at radius 1 is 1.36 bits per heavy atom. The lowest BCUT2D eigenvalue weighted by Gasteiger charge is -2.12. The maximum Gasteiger partial charge on any atom is 0.160 e. The summed E-state index contributed by atoms with van der Waals surface area (Å²) >= 11 is 0. The third kappa shape index (κ3) is 1.95. The summed E-state index contributed by atoms with van der Waals surface area (Å²) in [7, 11) is 0. The number of ketones is 1. The van der Waals surface area contributed by atoms with Gasteiger partial charge < -0.3 is 4.74 Å². The van der Waals surface area contributed by atoms with E-state index in [4.69, 9.17) is 4.74 Å². The molecule has 0 aliphatic heterocycles. The minimum Gasteiger partial charge on any atom is -0.493 e. The fraction of sp³-hybridized carbons (Fsp3) is 0.417. The second-order valence-electron chi connectivity index (χ2n) is 3.37. The van der Waals surface area contributed by atoms with Crippen molar-refractivity contribution in [1.82, 2.24) is 0 Å². The van der Waals surface area contributed by atoms with Crippen molar-refractivity contribution in [3.8, 4) is 5.75 Å². The summed E-state index contributed by atoms with van der Waals surface area (Å²) in [5.41, 5.74) is 2.77. The van der Waals surface area contributed by atoms with E-state index in [2.05, 4.69) is 0 Å². The Morgan fingerprint density at radius 2 is 2.00 bits per heavy atom. The lowest BCUT2D eigenvalue weighted by atomic mass is 10.0. The van der Waals surface area contributed by atoms with Crippen molar-refractivity contribution in [2.24, 2.45) is 0 Å². The minimum atomic E-state index is 0.0865. The van der Waals surface area contributed by atoms with Crippen molar-refractivity contribution >= 4 is 5.78 Å². The monoisotopic (exact) mass is 192 g/mol. The summed E-state index contributed by atoms with van der Waals surface area (Å²) < 4.78 is 5.51. The zero-order valence-electron chi connectivity index (χ0n) is 9.18. The predicted octanol–water partition coefficient (Wildman–Crippen LogP) is 2.90. The highest BCUT2D eigenvalue weighted by Gasteiger charge is 2.10. The molecule has 76 valence electrons. The van der Waals surface area contributed by atoms with Gasteiger partial charge in [0.25, 0.3) is 0 Å². The lowest BCUT2D eigenvalue weighted by molar-refractivity contribution is 0.101. The van der Waals surface area contributed by atoms with Gasteiger partial charge in [0.2, 0.25) is 0 Å². The number of aryl methyl sites for hydroxylation is 1. The Hall–Kier alpha value is -1.31. The smallest absolute Gasteiger partial charge is 0.160 e. The molecular formula is C12H16O2. The van der Waals surface area contributed by atoms with E-state index in [1.807, 2.05) is 32.9 Å². The molecule has 0 bridgehead atoms. The zero-order valence-corrected chi connectivity index (χ0v) is 9.18. The standard InChI is InChI=1S/C12H16O2/c1-5-14-12-8(2)6-7-11(9(12)3)10(4)13/h6-7H,5H2,1-4H3. The molecule has 0 unspecified atom stereocenters. The van der Waals surface area contributed by atoms with Gasteiger partial charge in [0.15, 0.2) is 5.78 Å². The molecule has 14 heavy (non-hydrogen) atoms. The van der Waals surface area contributed by atoms with Gasteiger partial charge in [-0.05, 0) is 33.3 Å². The number of rotatable bonds is 3. The Balaban J connectivity index is 3.26. The van der Waals surface area contributed by atoms with E-state index in [9.17, 15) is 4.79 Å². The molecule has 0 heterocycles. The first-order valence-electron chi connectivity index (χ1n) is 4.81. The fourth-order valence-corrected chi connectivity index (χ4v) is 1.57. The van der Waals surface area contributed by atoms with Crippen LogP contribution in [-0.2, 0) is 0 Å². The molecule has 0 spiro atoms. The average Bonchev–Trinajstić information content (AvgIpc) is 2.11. The van der Waals surface area contributed by atoms with Crippen LogP contribution in [0.15, 0.2) is 12.1 Å². The van der Waals surface area contributed by atoms with Crippen LogP contribution in [0.4, 0.5) is 0 Å². The summed E-state index contributed by atoms with van der Waals surface area (Å²) in [5.74, 6) is 0.934. The number of ether oxygens (including phenoxy) is 1. The number of benzene rings is 1. The molecule has 1 aromatic rings. The first kappa shape index (κ1) is 10.8. The fourth-order valence-electron chi connectivity index (χ4n) is 1.57. The van der Waals surface area contributed by atoms with Crippen LogP contribution in [0.1, 0.15) is 35.3 Å². The van der Waals surface area contributed by atoms with E-state index in [-0.39, 0.29) is 5.78 Å². The second kappa shape index (κ2) is 4.27. The van der Waals surface area contributed by atoms with Crippen LogP contribution < -0.4 is 4.74 Å². The van der Waals surface area contributed by atoms with Crippen LogP contribution in [0.5, 0.6) is 5.75 Å². The number of hydrogen-bond acceptors (Lipinski definition) is 2. The second-order valence-corrected chi connectivity index (χ2v) is 3.37. The molecule has 0 N–H and O–H groups in total. The normalized spacial score (nSPS) is 10.0. The molecule has 0 radical (unpaired) electrons. The number of carbonyl (C=O) groups excluding carboxylic acids is 1. The van der Waals surface area contributed by atoms with Gasteiger partial charge >= 0.3 is 0 Å². The first-order valence-corrected chi connectivity index (χ1v) is 4.81. The maximum atomic E-state index is 11.3. The quantitative estimate of drug-likeness (QED) is 0.688. The molecule has 0 saturated heterocycles. The summed E-state index contributed by atoms with van der Waals surface area (Å²) in [6.45, 7) is 8.06. The third-order valence-corrected chi connectivity index (χ3v) is 2.27. The molecule has 0 fully saturated rings. The Kier molecular flexibility index (Phi) is 3.28. The van der Waals surface area contributed by atoms with Crippen molar-refractivity contribution in [1.29, 1.82) is 0 Å². The molecule has 0 atom stereocenters.